The Labute approximate surface area is 127 Å². The molecule has 0 bridgehead atoms. The van der Waals surface area contributed by atoms with Gasteiger partial charge in [0, 0.05) is 11.4 Å². The molecule has 1 aromatic rings. The van der Waals surface area contributed by atoms with Gasteiger partial charge in [-0.3, -0.25) is 4.79 Å². The quantitative estimate of drug-likeness (QED) is 0.855. The Bertz CT molecular complexity index is 782. The maximum absolute atomic E-state index is 11.7. The highest BCUT2D eigenvalue weighted by Gasteiger charge is 2.22. The molecule has 2 rings (SSSR count). The van der Waals surface area contributed by atoms with Gasteiger partial charge in [-0.25, -0.2) is 5.01 Å². The van der Waals surface area contributed by atoms with E-state index in [-0.39, 0.29) is 17.2 Å². The molecule has 7 nitrogen and oxygen atoms in total. The van der Waals surface area contributed by atoms with Crippen LogP contribution < -0.4 is 10.3 Å². The molecular weight excluding hydrogens is 280 g/mol. The summed E-state index contributed by atoms with van der Waals surface area (Å²) in [5, 5.41) is 34.7. The number of hydrogen-bond donors (Lipinski definition) is 1. The minimum Gasteiger partial charge on any atom is -0.345 e. The van der Waals surface area contributed by atoms with Gasteiger partial charge in [0.1, 0.15) is 23.9 Å². The Morgan fingerprint density at radius 3 is 2.27 bits per heavy atom. The minimum absolute atomic E-state index is 0.105. The van der Waals surface area contributed by atoms with Gasteiger partial charge in [0.25, 0.3) is 5.91 Å². The second kappa shape index (κ2) is 6.21. The zero-order valence-corrected chi connectivity index (χ0v) is 11.7. The molecule has 0 spiro atoms. The highest BCUT2D eigenvalue weighted by Crippen LogP contribution is 2.23. The van der Waals surface area contributed by atoms with Gasteiger partial charge >= 0.3 is 0 Å². The van der Waals surface area contributed by atoms with E-state index in [1.165, 1.54) is 5.01 Å². The normalized spacial score (nSPS) is 12.7. The summed E-state index contributed by atoms with van der Waals surface area (Å²) in [7, 11) is 0. The SMILES string of the molecule is CC1=NN(c2ccc(NC(C#N)=C(C#N)C#N)cc2)C(=O)C1. The first-order chi connectivity index (χ1) is 10.6. The lowest BCUT2D eigenvalue weighted by molar-refractivity contribution is -0.116. The topological polar surface area (TPSA) is 116 Å². The van der Waals surface area contributed by atoms with E-state index in [1.54, 1.807) is 49.4 Å². The highest BCUT2D eigenvalue weighted by atomic mass is 16.2. The molecule has 22 heavy (non-hydrogen) atoms. The molecule has 0 aliphatic carbocycles. The van der Waals surface area contributed by atoms with Crippen molar-refractivity contribution in [2.45, 2.75) is 13.3 Å². The van der Waals surface area contributed by atoms with Gasteiger partial charge < -0.3 is 5.32 Å². The Hall–Kier alpha value is -3.63. The largest absolute Gasteiger partial charge is 0.345 e. The fourth-order valence-corrected chi connectivity index (χ4v) is 1.87. The van der Waals surface area contributed by atoms with Crippen molar-refractivity contribution in [2.24, 2.45) is 5.10 Å². The molecule has 1 aromatic carbocycles. The first-order valence-corrected chi connectivity index (χ1v) is 6.27. The van der Waals surface area contributed by atoms with Crippen molar-refractivity contribution < 1.29 is 4.79 Å². The van der Waals surface area contributed by atoms with Crippen LogP contribution in [0.2, 0.25) is 0 Å². The molecule has 1 amide bonds. The molecule has 0 unspecified atom stereocenters. The number of carbonyl (C=O) groups excluding carboxylic acids is 1. The van der Waals surface area contributed by atoms with Crippen LogP contribution in [0.3, 0.4) is 0 Å². The highest BCUT2D eigenvalue weighted by molar-refractivity contribution is 6.12. The Morgan fingerprint density at radius 2 is 1.82 bits per heavy atom. The molecule has 1 heterocycles. The number of amides is 1. The van der Waals surface area contributed by atoms with E-state index in [0.717, 1.165) is 5.71 Å². The molecule has 7 heteroatoms. The third kappa shape index (κ3) is 2.92. The monoisotopic (exact) mass is 290 g/mol. The first kappa shape index (κ1) is 14.8. The number of rotatable bonds is 3. The Balaban J connectivity index is 2.23. The van der Waals surface area contributed by atoms with Crippen molar-refractivity contribution in [3.63, 3.8) is 0 Å². The van der Waals surface area contributed by atoms with E-state index >= 15 is 0 Å². The number of hydrogen-bond acceptors (Lipinski definition) is 6. The van der Waals surface area contributed by atoms with Gasteiger partial charge in [0.2, 0.25) is 0 Å². The van der Waals surface area contributed by atoms with Crippen molar-refractivity contribution in [2.75, 3.05) is 10.3 Å². The average molecular weight is 290 g/mol. The molecule has 0 fully saturated rings. The standard InChI is InChI=1S/C15H10N6O/c1-10-6-15(22)21(20-10)13-4-2-12(3-5-13)19-14(9-18)11(7-16)8-17/h2-5,19H,6H2,1H3. The van der Waals surface area contributed by atoms with E-state index in [9.17, 15) is 4.79 Å². The fraction of sp³-hybridized carbons (Fsp3) is 0.133. The maximum atomic E-state index is 11.7. The van der Waals surface area contributed by atoms with Crippen LogP contribution in [-0.2, 0) is 4.79 Å². The molecule has 1 aliphatic rings. The van der Waals surface area contributed by atoms with Crippen LogP contribution in [0.25, 0.3) is 0 Å². The lowest BCUT2D eigenvalue weighted by Gasteiger charge is -2.12. The fourth-order valence-electron chi connectivity index (χ4n) is 1.87. The van der Waals surface area contributed by atoms with Crippen molar-refractivity contribution in [3.8, 4) is 18.2 Å². The summed E-state index contributed by atoms with van der Waals surface area (Å²) in [4.78, 5) is 11.7. The lowest BCUT2D eigenvalue weighted by atomic mass is 10.2. The third-order valence-corrected chi connectivity index (χ3v) is 2.88. The van der Waals surface area contributed by atoms with Crippen LogP contribution in [-0.4, -0.2) is 11.6 Å². The number of anilines is 2. The number of benzene rings is 1. The van der Waals surface area contributed by atoms with Gasteiger partial charge in [0.05, 0.1) is 12.1 Å². The van der Waals surface area contributed by atoms with E-state index in [0.29, 0.717) is 17.8 Å². The molecule has 0 atom stereocenters. The second-order valence-electron chi connectivity index (χ2n) is 4.47. The molecule has 0 radical (unpaired) electrons. The van der Waals surface area contributed by atoms with Crippen LogP contribution in [0.15, 0.2) is 40.6 Å². The molecule has 1 aliphatic heterocycles. The summed E-state index contributed by atoms with van der Waals surface area (Å²) in [6.45, 7) is 1.78. The lowest BCUT2D eigenvalue weighted by Crippen LogP contribution is -2.19. The smallest absolute Gasteiger partial charge is 0.253 e. The summed E-state index contributed by atoms with van der Waals surface area (Å²) in [5.74, 6) is -0.105. The van der Waals surface area contributed by atoms with Gasteiger partial charge in [-0.05, 0) is 31.2 Å². The van der Waals surface area contributed by atoms with E-state index in [2.05, 4.69) is 10.4 Å². The summed E-state index contributed by atoms with van der Waals surface area (Å²) >= 11 is 0. The zero-order chi connectivity index (χ0) is 16.1. The predicted octanol–water partition coefficient (Wildman–Crippen LogP) is 2.04. The van der Waals surface area contributed by atoms with Crippen molar-refractivity contribution in [1.29, 1.82) is 15.8 Å². The molecule has 0 saturated carbocycles. The van der Waals surface area contributed by atoms with Gasteiger partial charge in [-0.1, -0.05) is 0 Å². The van der Waals surface area contributed by atoms with Crippen LogP contribution in [0.4, 0.5) is 11.4 Å². The molecular formula is C15H10N6O. The number of nitrogens with zero attached hydrogens (tertiary/aromatic N) is 5. The van der Waals surface area contributed by atoms with Gasteiger partial charge in [-0.2, -0.15) is 20.9 Å². The Morgan fingerprint density at radius 1 is 1.18 bits per heavy atom. The van der Waals surface area contributed by atoms with Crippen LogP contribution in [0, 0.1) is 34.0 Å². The maximum Gasteiger partial charge on any atom is 0.253 e. The van der Waals surface area contributed by atoms with Crippen LogP contribution in [0.5, 0.6) is 0 Å². The number of nitrogens with one attached hydrogen (secondary N) is 1. The first-order valence-electron chi connectivity index (χ1n) is 6.27. The Kier molecular flexibility index (Phi) is 4.17. The predicted molar refractivity (Wildman–Crippen MR) is 79.1 cm³/mol. The van der Waals surface area contributed by atoms with Crippen LogP contribution >= 0.6 is 0 Å². The van der Waals surface area contributed by atoms with Crippen molar-refractivity contribution in [1.82, 2.24) is 0 Å². The molecule has 106 valence electrons. The van der Waals surface area contributed by atoms with E-state index in [4.69, 9.17) is 15.8 Å². The average Bonchev–Trinajstić information content (AvgIpc) is 2.86. The van der Waals surface area contributed by atoms with Gasteiger partial charge in [-0.15, -0.1) is 0 Å². The van der Waals surface area contributed by atoms with E-state index < -0.39 is 0 Å². The second-order valence-corrected chi connectivity index (χ2v) is 4.47. The minimum atomic E-state index is -0.290. The van der Waals surface area contributed by atoms with Crippen molar-refractivity contribution >= 4 is 23.0 Å². The van der Waals surface area contributed by atoms with E-state index in [1.807, 2.05) is 0 Å². The summed E-state index contributed by atoms with van der Waals surface area (Å²) in [6, 6.07) is 11.7. The number of carbonyl (C=O) groups is 1. The molecule has 1 N–H and O–H groups in total. The molecule has 0 saturated heterocycles. The van der Waals surface area contributed by atoms with Crippen molar-refractivity contribution in [3.05, 3.63) is 35.5 Å². The summed E-state index contributed by atoms with van der Waals surface area (Å²) in [5.41, 5.74) is 1.46. The van der Waals surface area contributed by atoms with Crippen LogP contribution in [0.1, 0.15) is 13.3 Å². The summed E-state index contributed by atoms with van der Waals surface area (Å²) < 4.78 is 0. The molecule has 0 aromatic heterocycles. The number of hydrazone groups is 1. The number of nitriles is 3. The zero-order valence-electron chi connectivity index (χ0n) is 11.7. The third-order valence-electron chi connectivity index (χ3n) is 2.88. The van der Waals surface area contributed by atoms with Gasteiger partial charge in [0.15, 0.2) is 5.57 Å². The summed E-state index contributed by atoms with van der Waals surface area (Å²) in [6.07, 6.45) is 0.301. The number of allylic oxidation sites excluding steroid dienone is 2.